The lowest BCUT2D eigenvalue weighted by molar-refractivity contribution is -0.694. The first kappa shape index (κ1) is 10.9. The average molecular weight is 208 g/mol. The third-order valence-corrected chi connectivity index (χ3v) is 4.02. The molecule has 1 aliphatic heterocycles. The third kappa shape index (κ3) is 3.25. The molecule has 0 aromatic rings. The van der Waals surface area contributed by atoms with E-state index in [0.29, 0.717) is 5.92 Å². The topological polar surface area (TPSA) is 71.0 Å². The number of hydrogen-bond acceptors (Lipinski definition) is 3. The molecule has 0 amide bonds. The lowest BCUT2D eigenvalue weighted by Crippen LogP contribution is -2.93. The molecule has 0 aromatic heterocycles. The van der Waals surface area contributed by atoms with Gasteiger partial charge < -0.3 is 10.4 Å². The van der Waals surface area contributed by atoms with Gasteiger partial charge in [0.1, 0.15) is 17.9 Å². The SMILES string of the molecule is CC(C)C[NH2+][C@H]1CS(=O)(=O)C[C@@H]1O. The van der Waals surface area contributed by atoms with Crippen molar-refractivity contribution in [3.8, 4) is 0 Å². The number of hydrogen-bond donors (Lipinski definition) is 2. The molecular formula is C8H18NO3S+. The minimum atomic E-state index is -2.97. The highest BCUT2D eigenvalue weighted by Crippen LogP contribution is 2.09. The van der Waals surface area contributed by atoms with Crippen LogP contribution < -0.4 is 5.32 Å². The molecule has 0 spiro atoms. The Morgan fingerprint density at radius 3 is 2.46 bits per heavy atom. The van der Waals surface area contributed by atoms with Crippen molar-refractivity contribution in [3.63, 3.8) is 0 Å². The normalized spacial score (nSPS) is 32.6. The van der Waals surface area contributed by atoms with Crippen molar-refractivity contribution in [3.05, 3.63) is 0 Å². The van der Waals surface area contributed by atoms with Crippen LogP contribution in [0.15, 0.2) is 0 Å². The summed E-state index contributed by atoms with van der Waals surface area (Å²) in [5.74, 6) is 0.586. The van der Waals surface area contributed by atoms with E-state index in [0.717, 1.165) is 6.54 Å². The Morgan fingerprint density at radius 1 is 1.46 bits per heavy atom. The summed E-state index contributed by atoms with van der Waals surface area (Å²) in [6.07, 6.45) is -0.677. The van der Waals surface area contributed by atoms with Crippen LogP contribution >= 0.6 is 0 Å². The summed E-state index contributed by atoms with van der Waals surface area (Å²) in [5, 5.41) is 11.4. The van der Waals surface area contributed by atoms with Gasteiger partial charge in [0.25, 0.3) is 0 Å². The zero-order chi connectivity index (χ0) is 10.1. The first-order valence-corrected chi connectivity index (χ1v) is 6.44. The van der Waals surface area contributed by atoms with Gasteiger partial charge in [-0.1, -0.05) is 13.8 Å². The van der Waals surface area contributed by atoms with Gasteiger partial charge >= 0.3 is 0 Å². The van der Waals surface area contributed by atoms with Crippen molar-refractivity contribution >= 4 is 9.84 Å². The average Bonchev–Trinajstić information content (AvgIpc) is 2.20. The van der Waals surface area contributed by atoms with Crippen LogP contribution in [0.4, 0.5) is 0 Å². The zero-order valence-electron chi connectivity index (χ0n) is 8.10. The van der Waals surface area contributed by atoms with Crippen molar-refractivity contribution in [2.24, 2.45) is 5.92 Å². The minimum absolute atomic E-state index is 0.0632. The Morgan fingerprint density at radius 2 is 2.08 bits per heavy atom. The monoisotopic (exact) mass is 208 g/mol. The van der Waals surface area contributed by atoms with Crippen LogP contribution in [0.2, 0.25) is 0 Å². The number of quaternary nitrogens is 1. The molecule has 1 rings (SSSR count). The molecule has 1 saturated heterocycles. The molecule has 0 saturated carbocycles. The molecule has 4 nitrogen and oxygen atoms in total. The summed E-state index contributed by atoms with van der Waals surface area (Å²) in [4.78, 5) is 0. The molecule has 3 N–H and O–H groups in total. The summed E-state index contributed by atoms with van der Waals surface area (Å²) in [6.45, 7) is 5.02. The quantitative estimate of drug-likeness (QED) is 0.584. The first-order chi connectivity index (χ1) is 5.91. The van der Waals surface area contributed by atoms with Crippen LogP contribution in [-0.4, -0.2) is 43.7 Å². The summed E-state index contributed by atoms with van der Waals surface area (Å²) in [6, 6.07) is -0.146. The second kappa shape index (κ2) is 3.94. The first-order valence-electron chi connectivity index (χ1n) is 4.62. The number of aliphatic hydroxyl groups excluding tert-OH is 1. The maximum absolute atomic E-state index is 11.1. The maximum atomic E-state index is 11.1. The van der Waals surface area contributed by atoms with Crippen LogP contribution in [0, 0.1) is 5.92 Å². The minimum Gasteiger partial charge on any atom is -0.386 e. The van der Waals surface area contributed by atoms with E-state index < -0.39 is 15.9 Å². The van der Waals surface area contributed by atoms with Gasteiger partial charge in [0.05, 0.1) is 12.3 Å². The van der Waals surface area contributed by atoms with Crippen molar-refractivity contribution in [2.45, 2.75) is 26.0 Å². The Balaban J connectivity index is 2.44. The van der Waals surface area contributed by atoms with Crippen LogP contribution in [-0.2, 0) is 9.84 Å². The fourth-order valence-corrected chi connectivity index (χ4v) is 3.38. The fourth-order valence-electron chi connectivity index (χ4n) is 1.53. The van der Waals surface area contributed by atoms with E-state index in [1.165, 1.54) is 0 Å². The van der Waals surface area contributed by atoms with E-state index in [1.54, 1.807) is 0 Å². The van der Waals surface area contributed by atoms with Crippen molar-refractivity contribution in [2.75, 3.05) is 18.1 Å². The van der Waals surface area contributed by atoms with E-state index in [2.05, 4.69) is 13.8 Å². The van der Waals surface area contributed by atoms with E-state index >= 15 is 0 Å². The van der Waals surface area contributed by atoms with Gasteiger partial charge in [-0.3, -0.25) is 0 Å². The van der Waals surface area contributed by atoms with Gasteiger partial charge in [0, 0.05) is 5.92 Å². The molecule has 1 fully saturated rings. The Bertz CT molecular complexity index is 261. The number of nitrogens with two attached hydrogens (primary N) is 1. The molecule has 1 heterocycles. The molecule has 0 radical (unpaired) electrons. The molecule has 1 aliphatic rings. The van der Waals surface area contributed by atoms with Gasteiger partial charge in [-0.25, -0.2) is 8.42 Å². The van der Waals surface area contributed by atoms with E-state index in [4.69, 9.17) is 0 Å². The highest BCUT2D eigenvalue weighted by Gasteiger charge is 2.38. The molecule has 0 bridgehead atoms. The lowest BCUT2D eigenvalue weighted by Gasteiger charge is -2.12. The van der Waals surface area contributed by atoms with Crippen LogP contribution in [0.1, 0.15) is 13.8 Å². The molecule has 2 atom stereocenters. The standard InChI is InChI=1S/C8H17NO3S/c1-6(2)3-9-7-4-13(11,12)5-8(7)10/h6-10H,3-5H2,1-2H3/p+1/t7-,8-/m0/s1. The predicted octanol–water partition coefficient (Wildman–Crippen LogP) is -1.64. The van der Waals surface area contributed by atoms with Gasteiger partial charge in [-0.15, -0.1) is 0 Å². The third-order valence-electron chi connectivity index (χ3n) is 2.28. The van der Waals surface area contributed by atoms with Gasteiger partial charge in [0.15, 0.2) is 9.84 Å². The van der Waals surface area contributed by atoms with Gasteiger partial charge in [-0.2, -0.15) is 0 Å². The Kier molecular flexibility index (Phi) is 3.32. The molecule has 0 aromatic carbocycles. The van der Waals surface area contributed by atoms with Crippen LogP contribution in [0.25, 0.3) is 0 Å². The molecule has 13 heavy (non-hydrogen) atoms. The molecule has 0 unspecified atom stereocenters. The molecule has 0 aliphatic carbocycles. The molecule has 5 heteroatoms. The second-order valence-electron chi connectivity index (χ2n) is 4.17. The van der Waals surface area contributed by atoms with E-state index in [1.807, 2.05) is 5.32 Å². The fraction of sp³-hybridized carbons (Fsp3) is 1.00. The van der Waals surface area contributed by atoms with Gasteiger partial charge in [-0.05, 0) is 0 Å². The molecule has 78 valence electrons. The van der Waals surface area contributed by atoms with E-state index in [-0.39, 0.29) is 17.5 Å². The van der Waals surface area contributed by atoms with Crippen molar-refractivity contribution < 1.29 is 18.8 Å². The molecular weight excluding hydrogens is 190 g/mol. The maximum Gasteiger partial charge on any atom is 0.159 e. The second-order valence-corrected chi connectivity index (χ2v) is 6.33. The van der Waals surface area contributed by atoms with E-state index in [9.17, 15) is 13.5 Å². The van der Waals surface area contributed by atoms with Gasteiger partial charge in [0.2, 0.25) is 0 Å². The van der Waals surface area contributed by atoms with Crippen molar-refractivity contribution in [1.82, 2.24) is 0 Å². The zero-order valence-corrected chi connectivity index (χ0v) is 8.92. The van der Waals surface area contributed by atoms with Crippen molar-refractivity contribution in [1.29, 1.82) is 0 Å². The summed E-state index contributed by atoms with van der Waals surface area (Å²) in [7, 11) is -2.97. The highest BCUT2D eigenvalue weighted by atomic mass is 32.2. The summed E-state index contributed by atoms with van der Waals surface area (Å²) < 4.78 is 22.2. The number of sulfone groups is 1. The number of aliphatic hydroxyl groups is 1. The van der Waals surface area contributed by atoms with Crippen LogP contribution in [0.3, 0.4) is 0 Å². The highest BCUT2D eigenvalue weighted by molar-refractivity contribution is 7.91. The number of rotatable bonds is 3. The summed E-state index contributed by atoms with van der Waals surface area (Å²) in [5.41, 5.74) is 0. The summed E-state index contributed by atoms with van der Waals surface area (Å²) >= 11 is 0. The Hall–Kier alpha value is -0.130. The lowest BCUT2D eigenvalue weighted by atomic mass is 10.1. The Labute approximate surface area is 79.3 Å². The predicted molar refractivity (Wildman–Crippen MR) is 50.1 cm³/mol. The largest absolute Gasteiger partial charge is 0.386 e. The smallest absolute Gasteiger partial charge is 0.159 e. The van der Waals surface area contributed by atoms with Crippen LogP contribution in [0.5, 0.6) is 0 Å².